The van der Waals surface area contributed by atoms with Crippen LogP contribution in [0.4, 0.5) is 11.4 Å². The van der Waals surface area contributed by atoms with Crippen LogP contribution in [-0.2, 0) is 14.3 Å². The summed E-state index contributed by atoms with van der Waals surface area (Å²) < 4.78 is 10.4. The molecule has 0 fully saturated rings. The number of carbonyl (C=O) groups excluding carboxylic acids is 1. The van der Waals surface area contributed by atoms with E-state index in [4.69, 9.17) is 26.8 Å². The number of rotatable bonds is 8. The average molecular weight is 287 g/mol. The van der Waals surface area contributed by atoms with Gasteiger partial charge in [0.2, 0.25) is 5.91 Å². The molecule has 0 aliphatic carbocycles. The minimum Gasteiger partial charge on any atom is -0.397 e. The van der Waals surface area contributed by atoms with Crippen LogP contribution >= 0.6 is 11.6 Å². The summed E-state index contributed by atoms with van der Waals surface area (Å²) in [5.41, 5.74) is 6.65. The first-order valence-corrected chi connectivity index (χ1v) is 6.51. The van der Waals surface area contributed by atoms with E-state index in [1.807, 2.05) is 6.92 Å². The van der Waals surface area contributed by atoms with Crippen molar-refractivity contribution >= 4 is 28.9 Å². The highest BCUT2D eigenvalue weighted by molar-refractivity contribution is 6.33. The highest BCUT2D eigenvalue weighted by Gasteiger charge is 2.04. The van der Waals surface area contributed by atoms with Gasteiger partial charge in [0.05, 0.1) is 23.9 Å². The first-order chi connectivity index (χ1) is 9.13. The van der Waals surface area contributed by atoms with E-state index in [-0.39, 0.29) is 12.5 Å². The zero-order chi connectivity index (χ0) is 14.1. The van der Waals surface area contributed by atoms with Crippen LogP contribution in [0.1, 0.15) is 13.3 Å². The molecule has 0 aliphatic rings. The third kappa shape index (κ3) is 6.42. The van der Waals surface area contributed by atoms with Crippen LogP contribution in [0.3, 0.4) is 0 Å². The molecular formula is C13H19ClN2O3. The largest absolute Gasteiger partial charge is 0.397 e. The lowest BCUT2D eigenvalue weighted by molar-refractivity contribution is -0.121. The highest BCUT2D eigenvalue weighted by Crippen LogP contribution is 2.22. The maximum atomic E-state index is 11.5. The maximum Gasteiger partial charge on any atom is 0.250 e. The molecule has 6 heteroatoms. The molecule has 3 N–H and O–H groups in total. The molecule has 0 saturated carbocycles. The first kappa shape index (κ1) is 15.8. The van der Waals surface area contributed by atoms with E-state index in [1.54, 1.807) is 18.2 Å². The van der Waals surface area contributed by atoms with Crippen molar-refractivity contribution in [3.8, 4) is 0 Å². The SMILES string of the molecule is CCCOCCOCC(=O)Nc1ccc(Cl)c(N)c1. The van der Waals surface area contributed by atoms with Crippen molar-refractivity contribution in [2.75, 3.05) is 37.5 Å². The van der Waals surface area contributed by atoms with Gasteiger partial charge in [0.15, 0.2) is 0 Å². The predicted octanol–water partition coefficient (Wildman–Crippen LogP) is 2.30. The van der Waals surface area contributed by atoms with Crippen molar-refractivity contribution in [2.24, 2.45) is 0 Å². The van der Waals surface area contributed by atoms with Gasteiger partial charge in [-0.05, 0) is 24.6 Å². The Balaban J connectivity index is 2.21. The van der Waals surface area contributed by atoms with Gasteiger partial charge in [-0.2, -0.15) is 0 Å². The van der Waals surface area contributed by atoms with Crippen molar-refractivity contribution in [2.45, 2.75) is 13.3 Å². The Kier molecular flexibility index (Phi) is 7.25. The van der Waals surface area contributed by atoms with Gasteiger partial charge in [0.25, 0.3) is 0 Å². The molecule has 0 bridgehead atoms. The van der Waals surface area contributed by atoms with E-state index >= 15 is 0 Å². The number of hydrogen-bond acceptors (Lipinski definition) is 4. The molecule has 19 heavy (non-hydrogen) atoms. The highest BCUT2D eigenvalue weighted by atomic mass is 35.5. The van der Waals surface area contributed by atoms with E-state index in [0.29, 0.717) is 36.2 Å². The van der Waals surface area contributed by atoms with E-state index in [9.17, 15) is 4.79 Å². The van der Waals surface area contributed by atoms with Gasteiger partial charge in [-0.1, -0.05) is 18.5 Å². The van der Waals surface area contributed by atoms with Crippen LogP contribution in [0.15, 0.2) is 18.2 Å². The van der Waals surface area contributed by atoms with Crippen LogP contribution in [0.5, 0.6) is 0 Å². The zero-order valence-corrected chi connectivity index (χ0v) is 11.7. The fourth-order valence-electron chi connectivity index (χ4n) is 1.35. The zero-order valence-electron chi connectivity index (χ0n) is 10.9. The first-order valence-electron chi connectivity index (χ1n) is 6.14. The van der Waals surface area contributed by atoms with Crippen molar-refractivity contribution in [3.63, 3.8) is 0 Å². The fraction of sp³-hybridized carbons (Fsp3) is 0.462. The maximum absolute atomic E-state index is 11.5. The molecule has 1 aromatic carbocycles. The Morgan fingerprint density at radius 1 is 1.32 bits per heavy atom. The molecule has 0 aromatic heterocycles. The standard InChI is InChI=1S/C13H19ClN2O3/c1-2-5-18-6-7-19-9-13(17)16-10-3-4-11(14)12(15)8-10/h3-4,8H,2,5-7,9,15H2,1H3,(H,16,17). The summed E-state index contributed by atoms with van der Waals surface area (Å²) in [5, 5.41) is 3.13. The van der Waals surface area contributed by atoms with Crippen molar-refractivity contribution < 1.29 is 14.3 Å². The van der Waals surface area contributed by atoms with Gasteiger partial charge in [0, 0.05) is 12.3 Å². The third-order valence-corrected chi connectivity index (χ3v) is 2.58. The molecule has 1 aromatic rings. The summed E-state index contributed by atoms with van der Waals surface area (Å²) in [6, 6.07) is 4.91. The second-order valence-electron chi connectivity index (χ2n) is 3.95. The van der Waals surface area contributed by atoms with Crippen LogP contribution in [0.25, 0.3) is 0 Å². The van der Waals surface area contributed by atoms with Gasteiger partial charge in [-0.3, -0.25) is 4.79 Å². The summed E-state index contributed by atoms with van der Waals surface area (Å²) in [7, 11) is 0. The second kappa shape index (κ2) is 8.74. The molecular weight excluding hydrogens is 268 g/mol. The minimum absolute atomic E-state index is 0.0159. The van der Waals surface area contributed by atoms with Gasteiger partial charge in [-0.25, -0.2) is 0 Å². The summed E-state index contributed by atoms with van der Waals surface area (Å²) >= 11 is 5.78. The number of benzene rings is 1. The third-order valence-electron chi connectivity index (χ3n) is 2.23. The molecule has 0 saturated heterocycles. The number of ether oxygens (including phenoxy) is 2. The summed E-state index contributed by atoms with van der Waals surface area (Å²) in [4.78, 5) is 11.5. The molecule has 106 valence electrons. The number of anilines is 2. The average Bonchev–Trinajstić information content (AvgIpc) is 2.38. The van der Waals surface area contributed by atoms with Gasteiger partial charge >= 0.3 is 0 Å². The lowest BCUT2D eigenvalue weighted by Crippen LogP contribution is -2.19. The summed E-state index contributed by atoms with van der Waals surface area (Å²) in [6.45, 7) is 3.62. The molecule has 1 amide bonds. The smallest absolute Gasteiger partial charge is 0.250 e. The Hall–Kier alpha value is -1.30. The number of nitrogens with two attached hydrogens (primary N) is 1. The molecule has 5 nitrogen and oxygen atoms in total. The number of halogens is 1. The van der Waals surface area contributed by atoms with Crippen molar-refractivity contribution in [3.05, 3.63) is 23.2 Å². The van der Waals surface area contributed by atoms with E-state index in [1.165, 1.54) is 0 Å². The number of nitrogens with one attached hydrogen (secondary N) is 1. The number of hydrogen-bond donors (Lipinski definition) is 2. The monoisotopic (exact) mass is 286 g/mol. The normalized spacial score (nSPS) is 10.4. The Labute approximate surface area is 118 Å². The molecule has 0 aliphatic heterocycles. The Bertz CT molecular complexity index is 413. The predicted molar refractivity (Wildman–Crippen MR) is 76.4 cm³/mol. The van der Waals surface area contributed by atoms with Gasteiger partial charge in [-0.15, -0.1) is 0 Å². The van der Waals surface area contributed by atoms with E-state index < -0.39 is 0 Å². The summed E-state index contributed by atoms with van der Waals surface area (Å²) in [5.74, 6) is -0.239. The van der Waals surface area contributed by atoms with Gasteiger partial charge < -0.3 is 20.5 Å². The van der Waals surface area contributed by atoms with Gasteiger partial charge in [0.1, 0.15) is 6.61 Å². The number of amides is 1. The molecule has 0 atom stereocenters. The van der Waals surface area contributed by atoms with E-state index in [2.05, 4.69) is 5.32 Å². The lowest BCUT2D eigenvalue weighted by Gasteiger charge is -2.08. The fourth-order valence-corrected chi connectivity index (χ4v) is 1.47. The Morgan fingerprint density at radius 3 is 2.74 bits per heavy atom. The van der Waals surface area contributed by atoms with E-state index in [0.717, 1.165) is 6.42 Å². The van der Waals surface area contributed by atoms with Crippen LogP contribution in [0.2, 0.25) is 5.02 Å². The van der Waals surface area contributed by atoms with Crippen LogP contribution < -0.4 is 11.1 Å². The van der Waals surface area contributed by atoms with Crippen molar-refractivity contribution in [1.82, 2.24) is 0 Å². The van der Waals surface area contributed by atoms with Crippen LogP contribution in [0, 0.1) is 0 Å². The molecule has 0 radical (unpaired) electrons. The quantitative estimate of drug-likeness (QED) is 0.568. The minimum atomic E-state index is -0.239. The van der Waals surface area contributed by atoms with Crippen molar-refractivity contribution in [1.29, 1.82) is 0 Å². The molecule has 0 heterocycles. The number of nitrogen functional groups attached to an aromatic ring is 1. The number of carbonyl (C=O) groups is 1. The molecule has 0 unspecified atom stereocenters. The lowest BCUT2D eigenvalue weighted by atomic mass is 10.3. The topological polar surface area (TPSA) is 73.6 Å². The molecule has 0 spiro atoms. The molecule has 1 rings (SSSR count). The summed E-state index contributed by atoms with van der Waals surface area (Å²) in [6.07, 6.45) is 0.971. The van der Waals surface area contributed by atoms with Crippen LogP contribution in [-0.4, -0.2) is 32.3 Å². The Morgan fingerprint density at radius 2 is 2.05 bits per heavy atom. The second-order valence-corrected chi connectivity index (χ2v) is 4.36.